The quantitative estimate of drug-likeness (QED) is 0.504. The fourth-order valence-electron chi connectivity index (χ4n) is 3.62. The maximum absolute atomic E-state index is 12.3. The number of hydrogen-bond acceptors (Lipinski definition) is 4. The Morgan fingerprint density at radius 2 is 1.87 bits per heavy atom. The van der Waals surface area contributed by atoms with Crippen LogP contribution >= 0.6 is 23.4 Å². The SMILES string of the molecule is CCn1c(SCC(=O)NCc2ccc(Cl)cc2)nnc1C1CC1c1ccc(C)cc1. The average Bonchev–Trinajstić information content (AvgIpc) is 3.44. The van der Waals surface area contributed by atoms with Gasteiger partial charge in [-0.1, -0.05) is 65.3 Å². The number of halogens is 1. The summed E-state index contributed by atoms with van der Waals surface area (Å²) in [5, 5.41) is 13.3. The van der Waals surface area contributed by atoms with Crippen molar-refractivity contribution in [1.82, 2.24) is 20.1 Å². The van der Waals surface area contributed by atoms with E-state index in [1.807, 2.05) is 24.3 Å². The zero-order valence-corrected chi connectivity index (χ0v) is 18.7. The molecule has 0 spiro atoms. The minimum Gasteiger partial charge on any atom is -0.351 e. The van der Waals surface area contributed by atoms with E-state index in [1.54, 1.807) is 0 Å². The second kappa shape index (κ2) is 9.23. The number of amides is 1. The van der Waals surface area contributed by atoms with Gasteiger partial charge in [0.2, 0.25) is 5.91 Å². The van der Waals surface area contributed by atoms with Gasteiger partial charge >= 0.3 is 0 Å². The molecule has 1 aliphatic rings. The number of carbonyl (C=O) groups excluding carboxylic acids is 1. The largest absolute Gasteiger partial charge is 0.351 e. The Morgan fingerprint density at radius 1 is 1.13 bits per heavy atom. The smallest absolute Gasteiger partial charge is 0.230 e. The number of nitrogens with zero attached hydrogens (tertiary/aromatic N) is 3. The van der Waals surface area contributed by atoms with Gasteiger partial charge in [-0.2, -0.15) is 0 Å². The van der Waals surface area contributed by atoms with E-state index >= 15 is 0 Å². The summed E-state index contributed by atoms with van der Waals surface area (Å²) in [7, 11) is 0. The molecule has 3 aromatic rings. The molecule has 1 heterocycles. The summed E-state index contributed by atoms with van der Waals surface area (Å²) in [5.74, 6) is 2.25. The van der Waals surface area contributed by atoms with E-state index in [0.29, 0.717) is 29.2 Å². The third kappa shape index (κ3) is 4.87. The van der Waals surface area contributed by atoms with Crippen LogP contribution in [0.2, 0.25) is 5.02 Å². The summed E-state index contributed by atoms with van der Waals surface area (Å²) in [6.07, 6.45) is 1.10. The molecule has 0 saturated heterocycles. The second-order valence-corrected chi connectivity index (χ2v) is 9.02. The molecule has 5 nitrogen and oxygen atoms in total. The molecule has 2 aromatic carbocycles. The van der Waals surface area contributed by atoms with E-state index in [-0.39, 0.29) is 5.91 Å². The van der Waals surface area contributed by atoms with Crippen LogP contribution in [0.3, 0.4) is 0 Å². The van der Waals surface area contributed by atoms with Crippen molar-refractivity contribution in [3.63, 3.8) is 0 Å². The molecule has 1 aromatic heterocycles. The maximum Gasteiger partial charge on any atom is 0.230 e. The zero-order chi connectivity index (χ0) is 21.1. The molecular formula is C23H25ClN4OS. The summed E-state index contributed by atoms with van der Waals surface area (Å²) >= 11 is 7.33. The summed E-state index contributed by atoms with van der Waals surface area (Å²) in [4.78, 5) is 12.3. The molecule has 156 valence electrons. The van der Waals surface area contributed by atoms with Crippen LogP contribution in [-0.4, -0.2) is 26.4 Å². The molecule has 1 N–H and O–H groups in total. The molecule has 7 heteroatoms. The molecule has 0 bridgehead atoms. The van der Waals surface area contributed by atoms with Gasteiger partial charge in [0.1, 0.15) is 5.82 Å². The third-order valence-electron chi connectivity index (χ3n) is 5.42. The highest BCUT2D eigenvalue weighted by molar-refractivity contribution is 7.99. The van der Waals surface area contributed by atoms with E-state index in [1.165, 1.54) is 22.9 Å². The molecule has 1 amide bonds. The van der Waals surface area contributed by atoms with Gasteiger partial charge in [-0.25, -0.2) is 0 Å². The van der Waals surface area contributed by atoms with Gasteiger partial charge in [-0.05, 0) is 49.4 Å². The highest BCUT2D eigenvalue weighted by Gasteiger charge is 2.43. The highest BCUT2D eigenvalue weighted by atomic mass is 35.5. The Bertz CT molecular complexity index is 1020. The van der Waals surface area contributed by atoms with Crippen molar-refractivity contribution in [2.75, 3.05) is 5.75 Å². The fraction of sp³-hybridized carbons (Fsp3) is 0.348. The van der Waals surface area contributed by atoms with Crippen molar-refractivity contribution in [3.8, 4) is 0 Å². The lowest BCUT2D eigenvalue weighted by atomic mass is 10.1. The van der Waals surface area contributed by atoms with Crippen LogP contribution in [-0.2, 0) is 17.9 Å². The third-order valence-corrected chi connectivity index (χ3v) is 6.64. The molecule has 30 heavy (non-hydrogen) atoms. The summed E-state index contributed by atoms with van der Waals surface area (Å²) in [5.41, 5.74) is 3.67. The maximum atomic E-state index is 12.3. The van der Waals surface area contributed by atoms with Crippen molar-refractivity contribution in [3.05, 3.63) is 76.1 Å². The summed E-state index contributed by atoms with van der Waals surface area (Å²) in [6.45, 7) is 5.49. The predicted octanol–water partition coefficient (Wildman–Crippen LogP) is 4.94. The monoisotopic (exact) mass is 440 g/mol. The second-order valence-electron chi connectivity index (χ2n) is 7.64. The van der Waals surface area contributed by atoms with Crippen molar-refractivity contribution in [1.29, 1.82) is 0 Å². The lowest BCUT2D eigenvalue weighted by Gasteiger charge is -2.08. The summed E-state index contributed by atoms with van der Waals surface area (Å²) in [6, 6.07) is 16.2. The topological polar surface area (TPSA) is 59.8 Å². The van der Waals surface area contributed by atoms with Crippen LogP contribution in [0.25, 0.3) is 0 Å². The Hall–Kier alpha value is -2.31. The number of benzene rings is 2. The Morgan fingerprint density at radius 3 is 2.57 bits per heavy atom. The van der Waals surface area contributed by atoms with E-state index in [2.05, 4.69) is 58.2 Å². The van der Waals surface area contributed by atoms with Crippen LogP contribution in [0.15, 0.2) is 53.7 Å². The van der Waals surface area contributed by atoms with Crippen molar-refractivity contribution in [2.24, 2.45) is 0 Å². The molecule has 2 atom stereocenters. The van der Waals surface area contributed by atoms with Crippen molar-refractivity contribution < 1.29 is 4.79 Å². The predicted molar refractivity (Wildman–Crippen MR) is 121 cm³/mol. The lowest BCUT2D eigenvalue weighted by Crippen LogP contribution is -2.24. The number of thioether (sulfide) groups is 1. The Kier molecular flexibility index (Phi) is 6.44. The van der Waals surface area contributed by atoms with Crippen molar-refractivity contribution >= 4 is 29.3 Å². The molecule has 2 unspecified atom stereocenters. The summed E-state index contributed by atoms with van der Waals surface area (Å²) < 4.78 is 2.15. The van der Waals surface area contributed by atoms with Crippen LogP contribution in [0.5, 0.6) is 0 Å². The number of hydrogen-bond donors (Lipinski definition) is 1. The molecule has 4 rings (SSSR count). The first-order chi connectivity index (χ1) is 14.5. The van der Waals surface area contributed by atoms with Crippen LogP contribution in [0, 0.1) is 6.92 Å². The van der Waals surface area contributed by atoms with Crippen LogP contribution < -0.4 is 5.32 Å². The Balaban J connectivity index is 1.33. The first kappa shape index (κ1) is 20.9. The van der Waals surface area contributed by atoms with Gasteiger partial charge < -0.3 is 9.88 Å². The minimum absolute atomic E-state index is 0.0221. The van der Waals surface area contributed by atoms with Gasteiger partial charge in [0.25, 0.3) is 0 Å². The molecule has 0 radical (unpaired) electrons. The van der Waals surface area contributed by atoms with E-state index in [9.17, 15) is 4.79 Å². The fourth-order valence-corrected chi connectivity index (χ4v) is 4.59. The average molecular weight is 441 g/mol. The first-order valence-electron chi connectivity index (χ1n) is 10.2. The van der Waals surface area contributed by atoms with E-state index < -0.39 is 0 Å². The van der Waals surface area contributed by atoms with Crippen molar-refractivity contribution in [2.45, 2.75) is 50.4 Å². The normalized spacial score (nSPS) is 17.7. The van der Waals surface area contributed by atoms with E-state index in [0.717, 1.165) is 29.5 Å². The first-order valence-corrected chi connectivity index (χ1v) is 11.5. The number of rotatable bonds is 8. The molecule has 1 fully saturated rings. The standard InChI is InChI=1S/C23H25ClN4OS/c1-3-28-22(20-12-19(20)17-8-4-15(2)5-9-17)26-27-23(28)30-14-21(29)25-13-16-6-10-18(24)11-7-16/h4-11,19-20H,3,12-14H2,1-2H3,(H,25,29). The van der Waals surface area contributed by atoms with Gasteiger partial charge in [-0.3, -0.25) is 4.79 Å². The molecule has 1 saturated carbocycles. The Labute approximate surface area is 186 Å². The number of aryl methyl sites for hydroxylation is 1. The number of carbonyl (C=O) groups is 1. The zero-order valence-electron chi connectivity index (χ0n) is 17.1. The lowest BCUT2D eigenvalue weighted by molar-refractivity contribution is -0.118. The molecular weight excluding hydrogens is 416 g/mol. The number of aromatic nitrogens is 3. The van der Waals surface area contributed by atoms with Gasteiger partial charge in [0, 0.05) is 24.0 Å². The van der Waals surface area contributed by atoms with Gasteiger partial charge in [0.05, 0.1) is 5.75 Å². The van der Waals surface area contributed by atoms with Gasteiger partial charge in [0.15, 0.2) is 5.16 Å². The minimum atomic E-state index is -0.0221. The molecule has 1 aliphatic carbocycles. The highest BCUT2D eigenvalue weighted by Crippen LogP contribution is 2.54. The van der Waals surface area contributed by atoms with E-state index in [4.69, 9.17) is 11.6 Å². The molecule has 0 aliphatic heterocycles. The number of nitrogens with one attached hydrogen (secondary N) is 1. The van der Waals surface area contributed by atoms with Crippen LogP contribution in [0.1, 0.15) is 47.7 Å². The van der Waals surface area contributed by atoms with Crippen LogP contribution in [0.4, 0.5) is 0 Å². The van der Waals surface area contributed by atoms with Gasteiger partial charge in [-0.15, -0.1) is 10.2 Å².